The molecule has 0 rings (SSSR count). The highest BCUT2D eigenvalue weighted by Crippen LogP contribution is 2.19. The minimum Gasteiger partial charge on any atom is -0.466 e. The van der Waals surface area contributed by atoms with Crippen molar-refractivity contribution in [1.82, 2.24) is 0 Å². The lowest BCUT2D eigenvalue weighted by Crippen LogP contribution is -2.05. The van der Waals surface area contributed by atoms with Crippen molar-refractivity contribution in [3.63, 3.8) is 0 Å². The second-order valence-electron chi connectivity index (χ2n) is 22.5. The Balaban J connectivity index is 3.14. The Labute approximate surface area is 425 Å². The van der Waals surface area contributed by atoms with Crippen LogP contribution in [0.25, 0.3) is 0 Å². The molecule has 0 amide bonds. The highest BCUT2D eigenvalue weighted by atomic mass is 16.5. The lowest BCUT2D eigenvalue weighted by molar-refractivity contribution is -0.143. The first kappa shape index (κ1) is 66.5. The van der Waals surface area contributed by atoms with Crippen LogP contribution in [0.3, 0.4) is 0 Å². The van der Waals surface area contributed by atoms with E-state index in [0.29, 0.717) is 13.0 Å². The molecule has 0 unspecified atom stereocenters. The highest BCUT2D eigenvalue weighted by molar-refractivity contribution is 5.69. The zero-order chi connectivity index (χ0) is 48.1. The van der Waals surface area contributed by atoms with Gasteiger partial charge in [0.2, 0.25) is 0 Å². The van der Waals surface area contributed by atoms with Gasteiger partial charge in [0.05, 0.1) is 6.61 Å². The third kappa shape index (κ3) is 63.5. The maximum Gasteiger partial charge on any atom is 0.305 e. The van der Waals surface area contributed by atoms with Gasteiger partial charge in [-0.3, -0.25) is 4.79 Å². The predicted molar refractivity (Wildman–Crippen MR) is 304 cm³/mol. The molecule has 67 heavy (non-hydrogen) atoms. The number of esters is 1. The van der Waals surface area contributed by atoms with Crippen molar-refractivity contribution in [2.45, 2.75) is 406 Å². The van der Waals surface area contributed by atoms with Crippen LogP contribution in [0.5, 0.6) is 0 Å². The molecule has 0 fully saturated rings. The molecule has 0 saturated heterocycles. The van der Waals surface area contributed by atoms with Crippen LogP contribution in [0.2, 0.25) is 0 Å². The predicted octanol–water partition coefficient (Wildman–Crippen LogP) is 24.4. The monoisotopic (exact) mass is 943 g/mol. The van der Waals surface area contributed by atoms with Gasteiger partial charge in [-0.05, 0) is 12.8 Å². The number of carbonyl (C=O) groups is 1. The molecule has 0 aromatic carbocycles. The van der Waals surface area contributed by atoms with Crippen LogP contribution < -0.4 is 0 Å². The first-order valence-corrected chi connectivity index (χ1v) is 32.5. The first-order chi connectivity index (χ1) is 33.3. The fourth-order valence-electron chi connectivity index (χ4n) is 10.7. The third-order valence-corrected chi connectivity index (χ3v) is 15.5. The van der Waals surface area contributed by atoms with E-state index in [9.17, 15) is 4.79 Å². The van der Waals surface area contributed by atoms with Crippen LogP contribution in [0.1, 0.15) is 406 Å². The molecule has 402 valence electrons. The van der Waals surface area contributed by atoms with Crippen LogP contribution in [-0.2, 0) is 9.53 Å². The molecule has 2 nitrogen and oxygen atoms in total. The van der Waals surface area contributed by atoms with Gasteiger partial charge >= 0.3 is 5.97 Å². The zero-order valence-corrected chi connectivity index (χ0v) is 47.2. The third-order valence-electron chi connectivity index (χ3n) is 15.5. The van der Waals surface area contributed by atoms with Crippen molar-refractivity contribution in [2.24, 2.45) is 0 Å². The van der Waals surface area contributed by atoms with Gasteiger partial charge < -0.3 is 4.74 Å². The molecule has 2 heteroatoms. The Kier molecular flexibility index (Phi) is 63.0. The number of unbranched alkanes of at least 4 members (excludes halogenated alkanes) is 58. The van der Waals surface area contributed by atoms with Crippen LogP contribution >= 0.6 is 0 Å². The van der Waals surface area contributed by atoms with E-state index in [0.717, 1.165) is 12.8 Å². The van der Waals surface area contributed by atoms with Gasteiger partial charge in [0.25, 0.3) is 0 Å². The summed E-state index contributed by atoms with van der Waals surface area (Å²) in [5.41, 5.74) is 0. The summed E-state index contributed by atoms with van der Waals surface area (Å²) < 4.78 is 5.53. The SMILES string of the molecule is CCCCCCCCCCCCCCCCCCCCCCCCCCCCCCCCCCCCCC(=O)OCCCCCCCCCCCCCCCCCCCCCCCCCCC. The summed E-state index contributed by atoms with van der Waals surface area (Å²) >= 11 is 0. The summed E-state index contributed by atoms with van der Waals surface area (Å²) in [5.74, 6) is 0.0374. The number of ether oxygens (including phenoxy) is 1. The zero-order valence-electron chi connectivity index (χ0n) is 47.2. The minimum absolute atomic E-state index is 0.0374. The van der Waals surface area contributed by atoms with Gasteiger partial charge in [-0.2, -0.15) is 0 Å². The van der Waals surface area contributed by atoms with Gasteiger partial charge in [-0.15, -0.1) is 0 Å². The van der Waals surface area contributed by atoms with Crippen molar-refractivity contribution in [3.05, 3.63) is 0 Å². The van der Waals surface area contributed by atoms with E-state index in [-0.39, 0.29) is 5.97 Å². The Morgan fingerprint density at radius 2 is 0.328 bits per heavy atom. The second-order valence-corrected chi connectivity index (χ2v) is 22.5. The summed E-state index contributed by atoms with van der Waals surface area (Å²) in [5, 5.41) is 0. The van der Waals surface area contributed by atoms with Gasteiger partial charge in [0.1, 0.15) is 0 Å². The van der Waals surface area contributed by atoms with Gasteiger partial charge in [-0.1, -0.05) is 386 Å². The summed E-state index contributed by atoms with van der Waals surface area (Å²) in [6.07, 6.45) is 86.2. The van der Waals surface area contributed by atoms with E-state index in [4.69, 9.17) is 4.74 Å². The lowest BCUT2D eigenvalue weighted by Gasteiger charge is -2.06. The van der Waals surface area contributed by atoms with Crippen LogP contribution in [0, 0.1) is 0 Å². The Morgan fingerprint density at radius 3 is 0.493 bits per heavy atom. The molecular formula is C65H130O2. The topological polar surface area (TPSA) is 26.3 Å². The number of carbonyl (C=O) groups excluding carboxylic acids is 1. The van der Waals surface area contributed by atoms with E-state index < -0.39 is 0 Å². The fraction of sp³-hybridized carbons (Fsp3) is 0.985. The average Bonchev–Trinajstić information content (AvgIpc) is 3.33. The number of rotatable bonds is 62. The summed E-state index contributed by atoms with van der Waals surface area (Å²) in [6, 6.07) is 0. The van der Waals surface area contributed by atoms with E-state index >= 15 is 0 Å². The van der Waals surface area contributed by atoms with Crippen molar-refractivity contribution in [2.75, 3.05) is 6.61 Å². The average molecular weight is 944 g/mol. The maximum atomic E-state index is 12.1. The summed E-state index contributed by atoms with van der Waals surface area (Å²) in [7, 11) is 0. The smallest absolute Gasteiger partial charge is 0.305 e. The van der Waals surface area contributed by atoms with Gasteiger partial charge in [0, 0.05) is 6.42 Å². The molecule has 0 aliphatic rings. The molecule has 0 aliphatic heterocycles. The van der Waals surface area contributed by atoms with Crippen molar-refractivity contribution in [1.29, 1.82) is 0 Å². The van der Waals surface area contributed by atoms with E-state index in [1.54, 1.807) is 0 Å². The molecule has 0 aromatic rings. The molecule has 0 aromatic heterocycles. The van der Waals surface area contributed by atoms with Crippen LogP contribution in [0.4, 0.5) is 0 Å². The normalized spacial score (nSPS) is 11.6. The molecule has 0 radical (unpaired) electrons. The second kappa shape index (κ2) is 63.5. The quantitative estimate of drug-likeness (QED) is 0.0449. The Bertz CT molecular complexity index is 852. The Morgan fingerprint density at radius 1 is 0.194 bits per heavy atom. The van der Waals surface area contributed by atoms with Gasteiger partial charge in [0.15, 0.2) is 0 Å². The van der Waals surface area contributed by atoms with Crippen molar-refractivity contribution >= 4 is 5.97 Å². The summed E-state index contributed by atoms with van der Waals surface area (Å²) in [4.78, 5) is 12.1. The van der Waals surface area contributed by atoms with Crippen LogP contribution in [0.15, 0.2) is 0 Å². The molecule has 0 spiro atoms. The summed E-state index contributed by atoms with van der Waals surface area (Å²) in [6.45, 7) is 5.25. The van der Waals surface area contributed by atoms with E-state index in [1.807, 2.05) is 0 Å². The van der Waals surface area contributed by atoms with E-state index in [2.05, 4.69) is 13.8 Å². The maximum absolute atomic E-state index is 12.1. The minimum atomic E-state index is 0.0374. The van der Waals surface area contributed by atoms with E-state index in [1.165, 1.54) is 372 Å². The Hall–Kier alpha value is -0.530. The molecule has 0 saturated carbocycles. The molecule has 0 atom stereocenters. The molecule has 0 N–H and O–H groups in total. The van der Waals surface area contributed by atoms with Gasteiger partial charge in [-0.25, -0.2) is 0 Å². The molecule has 0 bridgehead atoms. The molecule has 0 heterocycles. The fourth-order valence-corrected chi connectivity index (χ4v) is 10.7. The van der Waals surface area contributed by atoms with Crippen molar-refractivity contribution < 1.29 is 9.53 Å². The number of hydrogen-bond acceptors (Lipinski definition) is 2. The standard InChI is InChI=1S/C65H130O2/c1-3-5-7-9-11-13-15-17-19-21-23-25-27-29-30-31-32-33-34-35-36-37-38-39-41-43-45-47-49-51-53-55-57-59-61-63-65(66)67-64-62-60-58-56-54-52-50-48-46-44-42-40-28-26-24-22-20-18-16-14-12-10-8-6-4-2/h3-64H2,1-2H3. The lowest BCUT2D eigenvalue weighted by atomic mass is 10.0. The van der Waals surface area contributed by atoms with Crippen LogP contribution in [-0.4, -0.2) is 12.6 Å². The largest absolute Gasteiger partial charge is 0.466 e. The number of hydrogen-bond donors (Lipinski definition) is 0. The molecule has 0 aliphatic carbocycles. The first-order valence-electron chi connectivity index (χ1n) is 32.5. The highest BCUT2D eigenvalue weighted by Gasteiger charge is 2.04. The van der Waals surface area contributed by atoms with Crippen molar-refractivity contribution in [3.8, 4) is 0 Å². The molecular weight excluding hydrogens is 813 g/mol.